The average Bonchev–Trinajstić information content (AvgIpc) is 3.14. The summed E-state index contributed by atoms with van der Waals surface area (Å²) in [6.45, 7) is 0. The Morgan fingerprint density at radius 3 is 0.792 bits per heavy atom. The standard InChI is InChI=1S/C26H20N2.C18H16N2/c1-3-7-21-17-25(11-9-19(21)5-1)27-23-13-15-24(16-14-23)28-26-12-10-20-6-2-4-8-22(20)18-26;1-3-7-15(8-4-1)19-17-11-13-18(14-12-17)20-16-9-5-2-6-10-16/h1-18,27-28H;1-14,19-20H. The molecule has 0 aliphatic heterocycles. The molecule has 8 rings (SSSR count). The molecule has 0 amide bonds. The maximum absolute atomic E-state index is 3.48. The summed E-state index contributed by atoms with van der Waals surface area (Å²) in [5.41, 5.74) is 8.67. The van der Waals surface area contributed by atoms with E-state index in [2.05, 4.69) is 179 Å². The Hall–Kier alpha value is -6.52. The van der Waals surface area contributed by atoms with Gasteiger partial charge in [0.15, 0.2) is 0 Å². The van der Waals surface area contributed by atoms with Gasteiger partial charge in [-0.2, -0.15) is 0 Å². The zero-order valence-corrected chi connectivity index (χ0v) is 26.5. The number of rotatable bonds is 8. The first kappa shape index (κ1) is 30.2. The fourth-order valence-electron chi connectivity index (χ4n) is 5.52. The molecule has 0 fully saturated rings. The smallest absolute Gasteiger partial charge is 0.0390 e. The highest BCUT2D eigenvalue weighted by molar-refractivity contribution is 5.87. The van der Waals surface area contributed by atoms with E-state index in [1.807, 2.05) is 36.4 Å². The lowest BCUT2D eigenvalue weighted by Gasteiger charge is -2.11. The van der Waals surface area contributed by atoms with Crippen LogP contribution < -0.4 is 21.3 Å². The molecule has 0 saturated carbocycles. The summed E-state index contributed by atoms with van der Waals surface area (Å²) in [7, 11) is 0. The van der Waals surface area contributed by atoms with Crippen LogP contribution in [-0.2, 0) is 0 Å². The van der Waals surface area contributed by atoms with Crippen LogP contribution in [0.4, 0.5) is 45.5 Å². The Bertz CT molecular complexity index is 2050. The fraction of sp³-hybridized carbons (Fsp3) is 0. The molecule has 48 heavy (non-hydrogen) atoms. The van der Waals surface area contributed by atoms with E-state index in [1.54, 1.807) is 0 Å². The van der Waals surface area contributed by atoms with Crippen LogP contribution in [0.3, 0.4) is 0 Å². The van der Waals surface area contributed by atoms with Gasteiger partial charge >= 0.3 is 0 Å². The molecular weight excluding hydrogens is 585 g/mol. The van der Waals surface area contributed by atoms with Crippen LogP contribution >= 0.6 is 0 Å². The molecule has 8 aromatic carbocycles. The van der Waals surface area contributed by atoms with Gasteiger partial charge in [0, 0.05) is 45.5 Å². The van der Waals surface area contributed by atoms with Gasteiger partial charge in [0.05, 0.1) is 0 Å². The van der Waals surface area contributed by atoms with Gasteiger partial charge < -0.3 is 21.3 Å². The van der Waals surface area contributed by atoms with E-state index in [1.165, 1.54) is 21.5 Å². The third-order valence-corrected chi connectivity index (χ3v) is 7.97. The van der Waals surface area contributed by atoms with Crippen LogP contribution in [0.15, 0.2) is 194 Å². The summed E-state index contributed by atoms with van der Waals surface area (Å²) in [5, 5.41) is 18.7. The molecule has 0 aliphatic carbocycles. The lowest BCUT2D eigenvalue weighted by molar-refractivity contribution is 1.52. The van der Waals surface area contributed by atoms with E-state index < -0.39 is 0 Å². The molecule has 0 heterocycles. The summed E-state index contributed by atoms with van der Waals surface area (Å²) in [6, 6.07) is 66.7. The van der Waals surface area contributed by atoms with Crippen molar-refractivity contribution < 1.29 is 0 Å². The quantitative estimate of drug-likeness (QED) is 0.136. The van der Waals surface area contributed by atoms with Crippen LogP contribution in [0.5, 0.6) is 0 Å². The van der Waals surface area contributed by atoms with E-state index in [4.69, 9.17) is 0 Å². The molecule has 4 heteroatoms. The van der Waals surface area contributed by atoms with E-state index in [0.29, 0.717) is 0 Å². The molecule has 0 aromatic heterocycles. The normalized spacial score (nSPS) is 10.5. The van der Waals surface area contributed by atoms with Crippen molar-refractivity contribution in [3.05, 3.63) is 194 Å². The molecule has 4 nitrogen and oxygen atoms in total. The van der Waals surface area contributed by atoms with Crippen molar-refractivity contribution in [2.24, 2.45) is 0 Å². The van der Waals surface area contributed by atoms with Crippen LogP contribution in [0.1, 0.15) is 0 Å². The minimum Gasteiger partial charge on any atom is -0.356 e. The Morgan fingerprint density at radius 2 is 0.438 bits per heavy atom. The number of hydrogen-bond acceptors (Lipinski definition) is 4. The maximum atomic E-state index is 3.48. The first-order chi connectivity index (χ1) is 23.7. The molecule has 232 valence electrons. The molecule has 0 unspecified atom stereocenters. The average molecular weight is 621 g/mol. The summed E-state index contributed by atoms with van der Waals surface area (Å²) < 4.78 is 0. The van der Waals surface area contributed by atoms with Crippen molar-refractivity contribution in [1.82, 2.24) is 0 Å². The van der Waals surface area contributed by atoms with Crippen molar-refractivity contribution in [3.8, 4) is 0 Å². The van der Waals surface area contributed by atoms with Crippen molar-refractivity contribution in [2.45, 2.75) is 0 Å². The first-order valence-electron chi connectivity index (χ1n) is 16.1. The molecule has 0 radical (unpaired) electrons. The first-order valence-corrected chi connectivity index (χ1v) is 16.1. The number of hydrogen-bond donors (Lipinski definition) is 4. The number of para-hydroxylation sites is 2. The van der Waals surface area contributed by atoms with E-state index in [0.717, 1.165) is 45.5 Å². The van der Waals surface area contributed by atoms with Gasteiger partial charge in [0.25, 0.3) is 0 Å². The molecule has 0 spiro atoms. The van der Waals surface area contributed by atoms with Crippen molar-refractivity contribution in [1.29, 1.82) is 0 Å². The topological polar surface area (TPSA) is 48.1 Å². The van der Waals surface area contributed by atoms with Crippen LogP contribution in [0, 0.1) is 0 Å². The van der Waals surface area contributed by atoms with Gasteiger partial charge in [-0.25, -0.2) is 0 Å². The lowest BCUT2D eigenvalue weighted by atomic mass is 10.1. The Morgan fingerprint density at radius 1 is 0.188 bits per heavy atom. The second-order valence-electron chi connectivity index (χ2n) is 11.5. The van der Waals surface area contributed by atoms with Crippen LogP contribution in [0.25, 0.3) is 21.5 Å². The second-order valence-corrected chi connectivity index (χ2v) is 11.5. The van der Waals surface area contributed by atoms with Crippen LogP contribution in [-0.4, -0.2) is 0 Å². The van der Waals surface area contributed by atoms with E-state index >= 15 is 0 Å². The predicted octanol–water partition coefficient (Wildman–Crippen LogP) is 12.7. The zero-order valence-electron chi connectivity index (χ0n) is 26.5. The largest absolute Gasteiger partial charge is 0.356 e. The Kier molecular flexibility index (Phi) is 9.24. The SMILES string of the molecule is c1ccc(Nc2ccc(Nc3ccccc3)cc2)cc1.c1ccc2cc(Nc3ccc(Nc4ccc5ccccc5c4)cc3)ccc2c1. The minimum absolute atomic E-state index is 1.07. The lowest BCUT2D eigenvalue weighted by Crippen LogP contribution is -1.93. The zero-order chi connectivity index (χ0) is 32.4. The number of anilines is 8. The monoisotopic (exact) mass is 620 g/mol. The molecule has 0 bridgehead atoms. The van der Waals surface area contributed by atoms with Crippen molar-refractivity contribution in [3.63, 3.8) is 0 Å². The molecule has 0 saturated heterocycles. The highest BCUT2D eigenvalue weighted by Gasteiger charge is 2.01. The Labute approximate surface area is 281 Å². The summed E-state index contributed by atoms with van der Waals surface area (Å²) in [6.07, 6.45) is 0. The molecule has 0 atom stereocenters. The summed E-state index contributed by atoms with van der Waals surface area (Å²) >= 11 is 0. The molecule has 8 aromatic rings. The van der Waals surface area contributed by atoms with Crippen molar-refractivity contribution >= 4 is 67.0 Å². The summed E-state index contributed by atoms with van der Waals surface area (Å²) in [5.74, 6) is 0. The Balaban J connectivity index is 0.000000161. The predicted molar refractivity (Wildman–Crippen MR) is 207 cm³/mol. The van der Waals surface area contributed by atoms with E-state index in [-0.39, 0.29) is 0 Å². The third kappa shape index (κ3) is 8.00. The maximum Gasteiger partial charge on any atom is 0.0390 e. The summed E-state index contributed by atoms with van der Waals surface area (Å²) in [4.78, 5) is 0. The third-order valence-electron chi connectivity index (χ3n) is 7.97. The molecular formula is C44H36N4. The molecule has 0 aliphatic rings. The van der Waals surface area contributed by atoms with E-state index in [9.17, 15) is 0 Å². The second kappa shape index (κ2) is 14.7. The van der Waals surface area contributed by atoms with Gasteiger partial charge in [0.2, 0.25) is 0 Å². The molecule has 4 N–H and O–H groups in total. The number of fused-ring (bicyclic) bond motifs is 2. The van der Waals surface area contributed by atoms with Crippen molar-refractivity contribution in [2.75, 3.05) is 21.3 Å². The number of nitrogens with one attached hydrogen (secondary N) is 4. The van der Waals surface area contributed by atoms with Gasteiger partial charge in [0.1, 0.15) is 0 Å². The van der Waals surface area contributed by atoms with Gasteiger partial charge in [-0.3, -0.25) is 0 Å². The fourth-order valence-corrected chi connectivity index (χ4v) is 5.52. The van der Waals surface area contributed by atoms with Gasteiger partial charge in [-0.05, 0) is 119 Å². The van der Waals surface area contributed by atoms with Crippen LogP contribution in [0.2, 0.25) is 0 Å². The minimum atomic E-state index is 1.07. The van der Waals surface area contributed by atoms with Gasteiger partial charge in [-0.1, -0.05) is 97.1 Å². The number of benzene rings is 8. The highest BCUT2D eigenvalue weighted by atomic mass is 14.9. The highest BCUT2D eigenvalue weighted by Crippen LogP contribution is 2.26. The van der Waals surface area contributed by atoms with Gasteiger partial charge in [-0.15, -0.1) is 0 Å².